The van der Waals surface area contributed by atoms with Gasteiger partial charge in [0.1, 0.15) is 0 Å². The highest BCUT2D eigenvalue weighted by molar-refractivity contribution is 7.90. The molecule has 0 aromatic heterocycles. The molecule has 0 saturated carbocycles. The van der Waals surface area contributed by atoms with Crippen LogP contribution in [0.5, 0.6) is 0 Å². The molecule has 0 bridgehead atoms. The van der Waals surface area contributed by atoms with Gasteiger partial charge in [0, 0.05) is 18.8 Å². The van der Waals surface area contributed by atoms with Crippen LogP contribution in [-0.2, 0) is 16.3 Å². The topological polar surface area (TPSA) is 66.4 Å². The van der Waals surface area contributed by atoms with Gasteiger partial charge in [-0.3, -0.25) is 0 Å². The quantitative estimate of drug-likeness (QED) is 0.734. The fourth-order valence-corrected chi connectivity index (χ4v) is 3.12. The van der Waals surface area contributed by atoms with E-state index >= 15 is 0 Å². The smallest absolute Gasteiger partial charge is 0.175 e. The Labute approximate surface area is 156 Å². The first-order valence-electron chi connectivity index (χ1n) is 8.11. The summed E-state index contributed by atoms with van der Waals surface area (Å²) >= 11 is 0. The average Bonchev–Trinajstić information content (AvgIpc) is 2.58. The van der Waals surface area contributed by atoms with E-state index in [4.69, 9.17) is 0 Å². The minimum atomic E-state index is -3.14. The molecule has 2 N–H and O–H groups in total. The Morgan fingerprint density at radius 3 is 2.20 bits per heavy atom. The fraction of sp³-hybridized carbons (Fsp3) is 0.368. The highest BCUT2D eigenvalue weighted by Crippen LogP contribution is 2.13. The molecule has 2 aromatic carbocycles. The number of aliphatic hydroxyl groups is 1. The lowest BCUT2D eigenvalue weighted by atomic mass is 10.1. The van der Waals surface area contributed by atoms with Crippen LogP contribution in [0.1, 0.15) is 30.6 Å². The van der Waals surface area contributed by atoms with Crippen LogP contribution in [0, 0.1) is 0 Å². The van der Waals surface area contributed by atoms with E-state index in [1.807, 2.05) is 42.5 Å². The Hall–Kier alpha value is -1.40. The summed E-state index contributed by atoms with van der Waals surface area (Å²) in [5.74, 6) is 0. The zero-order valence-electron chi connectivity index (χ0n) is 14.6. The zero-order chi connectivity index (χ0) is 17.6. The van der Waals surface area contributed by atoms with Gasteiger partial charge < -0.3 is 10.4 Å². The van der Waals surface area contributed by atoms with Crippen molar-refractivity contribution in [2.45, 2.75) is 36.8 Å². The SMILES string of the molecule is CC(CCc1ccc(S(C)(=O)=O)cc1)NCC(O)c1ccccc1.Cl. The second kappa shape index (κ2) is 9.92. The van der Waals surface area contributed by atoms with E-state index in [2.05, 4.69) is 12.2 Å². The van der Waals surface area contributed by atoms with Crippen LogP contribution in [0.3, 0.4) is 0 Å². The van der Waals surface area contributed by atoms with Crippen molar-refractivity contribution in [3.05, 3.63) is 65.7 Å². The number of aryl methyl sites for hydroxylation is 1. The van der Waals surface area contributed by atoms with Crippen molar-refractivity contribution in [3.63, 3.8) is 0 Å². The van der Waals surface area contributed by atoms with Crippen molar-refractivity contribution in [1.82, 2.24) is 5.32 Å². The predicted octanol–water partition coefficient (Wildman–Crippen LogP) is 3.16. The van der Waals surface area contributed by atoms with Gasteiger partial charge in [-0.25, -0.2) is 8.42 Å². The normalized spacial score (nSPS) is 13.7. The summed E-state index contributed by atoms with van der Waals surface area (Å²) in [6, 6.07) is 16.9. The summed E-state index contributed by atoms with van der Waals surface area (Å²) in [6.45, 7) is 2.60. The lowest BCUT2D eigenvalue weighted by molar-refractivity contribution is 0.170. The molecule has 0 aliphatic rings. The number of rotatable bonds is 8. The zero-order valence-corrected chi connectivity index (χ0v) is 16.2. The van der Waals surface area contributed by atoms with Gasteiger partial charge in [0.05, 0.1) is 11.0 Å². The average molecular weight is 384 g/mol. The van der Waals surface area contributed by atoms with Gasteiger partial charge in [0.25, 0.3) is 0 Å². The molecule has 2 unspecified atom stereocenters. The molecule has 6 heteroatoms. The number of aliphatic hydroxyl groups excluding tert-OH is 1. The number of halogens is 1. The van der Waals surface area contributed by atoms with Crippen LogP contribution >= 0.6 is 12.4 Å². The Kier molecular flexibility index (Phi) is 8.59. The summed E-state index contributed by atoms with van der Waals surface area (Å²) < 4.78 is 22.9. The first-order chi connectivity index (χ1) is 11.4. The van der Waals surface area contributed by atoms with Crippen molar-refractivity contribution in [3.8, 4) is 0 Å². The molecule has 0 aliphatic heterocycles. The molecule has 0 fully saturated rings. The molecule has 2 atom stereocenters. The van der Waals surface area contributed by atoms with E-state index < -0.39 is 15.9 Å². The third-order valence-electron chi connectivity index (χ3n) is 4.06. The van der Waals surface area contributed by atoms with E-state index in [1.165, 1.54) is 6.26 Å². The van der Waals surface area contributed by atoms with Crippen LogP contribution in [0.15, 0.2) is 59.5 Å². The van der Waals surface area contributed by atoms with Crippen LogP contribution in [0.2, 0.25) is 0 Å². The van der Waals surface area contributed by atoms with E-state index in [-0.39, 0.29) is 18.4 Å². The molecule has 138 valence electrons. The highest BCUT2D eigenvalue weighted by Gasteiger charge is 2.10. The number of nitrogens with one attached hydrogen (secondary N) is 1. The lowest BCUT2D eigenvalue weighted by Crippen LogP contribution is -2.30. The number of benzene rings is 2. The molecule has 2 rings (SSSR count). The number of sulfone groups is 1. The van der Waals surface area contributed by atoms with Gasteiger partial charge in [-0.1, -0.05) is 42.5 Å². The molecule has 0 amide bonds. The standard InChI is InChI=1S/C19H25NO3S.ClH/c1-15(20-14-19(21)17-6-4-3-5-7-17)8-9-16-10-12-18(13-11-16)24(2,22)23;/h3-7,10-13,15,19-21H,8-9,14H2,1-2H3;1H. The minimum Gasteiger partial charge on any atom is -0.387 e. The number of hydrogen-bond acceptors (Lipinski definition) is 4. The third-order valence-corrected chi connectivity index (χ3v) is 5.19. The van der Waals surface area contributed by atoms with Gasteiger partial charge in [0.15, 0.2) is 9.84 Å². The van der Waals surface area contributed by atoms with Crippen molar-refractivity contribution in [2.24, 2.45) is 0 Å². The Balaban J connectivity index is 0.00000312. The summed E-state index contributed by atoms with van der Waals surface area (Å²) in [4.78, 5) is 0.350. The van der Waals surface area contributed by atoms with Gasteiger partial charge in [-0.05, 0) is 43.0 Å². The fourth-order valence-electron chi connectivity index (χ4n) is 2.49. The van der Waals surface area contributed by atoms with Crippen molar-refractivity contribution in [1.29, 1.82) is 0 Å². The molecule has 2 aromatic rings. The Morgan fingerprint density at radius 1 is 1.04 bits per heavy atom. The predicted molar refractivity (Wildman–Crippen MR) is 104 cm³/mol. The maximum absolute atomic E-state index is 11.4. The molecule has 4 nitrogen and oxygen atoms in total. The largest absolute Gasteiger partial charge is 0.387 e. The van der Waals surface area contributed by atoms with E-state index in [0.717, 1.165) is 24.0 Å². The molecule has 0 spiro atoms. The first-order valence-corrected chi connectivity index (χ1v) is 10.0. The molecule has 0 saturated heterocycles. The second-order valence-electron chi connectivity index (χ2n) is 6.19. The molecule has 0 radical (unpaired) electrons. The monoisotopic (exact) mass is 383 g/mol. The van der Waals surface area contributed by atoms with Crippen LogP contribution in [0.4, 0.5) is 0 Å². The van der Waals surface area contributed by atoms with E-state index in [1.54, 1.807) is 12.1 Å². The molecule has 0 aliphatic carbocycles. The van der Waals surface area contributed by atoms with Crippen molar-refractivity contribution < 1.29 is 13.5 Å². The van der Waals surface area contributed by atoms with Crippen LogP contribution in [0.25, 0.3) is 0 Å². The minimum absolute atomic E-state index is 0. The van der Waals surface area contributed by atoms with Gasteiger partial charge >= 0.3 is 0 Å². The summed E-state index contributed by atoms with van der Waals surface area (Å²) in [6.07, 6.45) is 2.48. The maximum atomic E-state index is 11.4. The van der Waals surface area contributed by atoms with Gasteiger partial charge in [-0.15, -0.1) is 12.4 Å². The summed E-state index contributed by atoms with van der Waals surface area (Å²) in [7, 11) is -3.14. The third kappa shape index (κ3) is 7.16. The van der Waals surface area contributed by atoms with Crippen molar-refractivity contribution in [2.75, 3.05) is 12.8 Å². The first kappa shape index (κ1) is 21.6. The Morgan fingerprint density at radius 2 is 1.64 bits per heavy atom. The van der Waals surface area contributed by atoms with Gasteiger partial charge in [-0.2, -0.15) is 0 Å². The van der Waals surface area contributed by atoms with Gasteiger partial charge in [0.2, 0.25) is 0 Å². The van der Waals surface area contributed by atoms with Crippen molar-refractivity contribution >= 4 is 22.2 Å². The molecular weight excluding hydrogens is 358 g/mol. The van der Waals surface area contributed by atoms with E-state index in [0.29, 0.717) is 11.4 Å². The van der Waals surface area contributed by atoms with Crippen LogP contribution < -0.4 is 5.32 Å². The second-order valence-corrected chi connectivity index (χ2v) is 8.21. The maximum Gasteiger partial charge on any atom is 0.175 e. The number of hydrogen-bond donors (Lipinski definition) is 2. The molecular formula is C19H26ClNO3S. The highest BCUT2D eigenvalue weighted by atomic mass is 35.5. The Bertz CT molecular complexity index is 733. The van der Waals surface area contributed by atoms with E-state index in [9.17, 15) is 13.5 Å². The lowest BCUT2D eigenvalue weighted by Gasteiger charge is -2.17. The summed E-state index contributed by atoms with van der Waals surface area (Å²) in [5.41, 5.74) is 2.02. The van der Waals surface area contributed by atoms with Crippen LogP contribution in [-0.4, -0.2) is 32.4 Å². The molecule has 0 heterocycles. The summed E-state index contributed by atoms with van der Waals surface area (Å²) in [5, 5.41) is 13.5. The molecule has 25 heavy (non-hydrogen) atoms.